The zero-order chi connectivity index (χ0) is 9.00. The Morgan fingerprint density at radius 3 is 0.538 bits per heavy atom. The molecular formula is H6O8P2Sn3. The first-order valence-electron chi connectivity index (χ1n) is 1.46. The number of hydrogen-bond donors (Lipinski definition) is 0. The van der Waals surface area contributed by atoms with Crippen molar-refractivity contribution in [3.8, 4) is 0 Å². The van der Waals surface area contributed by atoms with Crippen LogP contribution in [0.2, 0.25) is 0 Å². The molecule has 0 aliphatic carbocycles. The van der Waals surface area contributed by atoms with Gasteiger partial charge < -0.3 is 38.5 Å². The van der Waals surface area contributed by atoms with E-state index in [-0.39, 0.29) is 71.7 Å². The zero-order valence-electron chi connectivity index (χ0n) is 6.28. The molecule has 0 aliphatic rings. The Morgan fingerprint density at radius 2 is 0.538 bits per heavy atom. The molecule has 0 aromatic carbocycles. The maximum absolute atomic E-state index is 8.55. The van der Waals surface area contributed by atoms with Crippen LogP contribution < -0.4 is 29.4 Å². The minimum absolute atomic E-state index is 0. The average molecular weight is 552 g/mol. The minimum atomic E-state index is -5.39. The van der Waals surface area contributed by atoms with Crippen molar-refractivity contribution in [2.24, 2.45) is 0 Å². The van der Waals surface area contributed by atoms with Gasteiger partial charge in [-0.1, -0.05) is 0 Å². The number of phosphoric acid groups is 2. The average Bonchev–Trinajstić information content (AvgIpc) is 1.12. The van der Waals surface area contributed by atoms with Crippen molar-refractivity contribution < 1.29 is 38.5 Å². The molecular weight excluding hydrogens is 546 g/mol. The molecule has 0 rings (SSSR count). The molecule has 0 fully saturated rings. The first kappa shape index (κ1) is 29.6. The fraction of sp³-hybridized carbons (Fsp3) is 0. The van der Waals surface area contributed by atoms with Crippen molar-refractivity contribution in [2.45, 2.75) is 0 Å². The SMILES string of the molecule is O=P([O-])([O-])[O-].O=P([O-])([O-])[O-].[SnH2+2].[SnH2+2].[SnH2+2]. The van der Waals surface area contributed by atoms with Crippen LogP contribution in [0.4, 0.5) is 0 Å². The molecule has 0 saturated heterocycles. The van der Waals surface area contributed by atoms with Crippen LogP contribution in [-0.2, 0) is 9.13 Å². The van der Waals surface area contributed by atoms with Gasteiger partial charge >= 0.3 is 71.7 Å². The van der Waals surface area contributed by atoms with Crippen LogP contribution in [0.25, 0.3) is 0 Å². The summed E-state index contributed by atoms with van der Waals surface area (Å²) >= 11 is 0. The van der Waals surface area contributed by atoms with E-state index in [1.807, 2.05) is 0 Å². The van der Waals surface area contributed by atoms with E-state index in [0.29, 0.717) is 0 Å². The molecule has 0 aromatic heterocycles. The van der Waals surface area contributed by atoms with Gasteiger partial charge in [0.25, 0.3) is 0 Å². The normalized spacial score (nSPS) is 9.08. The van der Waals surface area contributed by atoms with E-state index in [0.717, 1.165) is 0 Å². The van der Waals surface area contributed by atoms with Crippen LogP contribution in [0.15, 0.2) is 0 Å². The van der Waals surface area contributed by atoms with Crippen molar-refractivity contribution in [3.05, 3.63) is 0 Å². The molecule has 0 atom stereocenters. The van der Waals surface area contributed by atoms with Gasteiger partial charge in [-0.05, 0) is 0 Å². The Hall–Kier alpha value is 2.62. The van der Waals surface area contributed by atoms with Crippen LogP contribution in [0.3, 0.4) is 0 Å². The summed E-state index contributed by atoms with van der Waals surface area (Å²) in [5, 5.41) is 0. The van der Waals surface area contributed by atoms with E-state index in [2.05, 4.69) is 0 Å². The molecule has 13 heteroatoms. The maximum atomic E-state index is 8.55. The molecule has 0 spiro atoms. The van der Waals surface area contributed by atoms with E-state index < -0.39 is 15.6 Å². The molecule has 0 heterocycles. The molecule has 0 aromatic rings. The van der Waals surface area contributed by atoms with Crippen LogP contribution >= 0.6 is 15.6 Å². The van der Waals surface area contributed by atoms with Crippen molar-refractivity contribution in [1.82, 2.24) is 0 Å². The molecule has 76 valence electrons. The van der Waals surface area contributed by atoms with Crippen molar-refractivity contribution >= 4 is 87.4 Å². The summed E-state index contributed by atoms with van der Waals surface area (Å²) in [7, 11) is -10.8. The van der Waals surface area contributed by atoms with Gasteiger partial charge in [-0.2, -0.15) is 15.6 Å². The van der Waals surface area contributed by atoms with Gasteiger partial charge in [-0.15, -0.1) is 0 Å². The summed E-state index contributed by atoms with van der Waals surface area (Å²) < 4.78 is 17.1. The van der Waals surface area contributed by atoms with E-state index in [4.69, 9.17) is 38.5 Å². The molecule has 0 bridgehead atoms. The van der Waals surface area contributed by atoms with Gasteiger partial charge in [0.1, 0.15) is 0 Å². The first-order chi connectivity index (χ1) is 4.00. The van der Waals surface area contributed by atoms with Gasteiger partial charge in [-0.25, -0.2) is 0 Å². The quantitative estimate of drug-likeness (QED) is 0.211. The van der Waals surface area contributed by atoms with Crippen molar-refractivity contribution in [1.29, 1.82) is 0 Å². The Kier molecular flexibility index (Phi) is 28.9. The second-order valence-corrected chi connectivity index (χ2v) is 2.68. The summed E-state index contributed by atoms with van der Waals surface area (Å²) in [6, 6.07) is 0. The predicted octanol–water partition coefficient (Wildman–Crippen LogP) is -8.40. The number of hydrogen-bond acceptors (Lipinski definition) is 8. The van der Waals surface area contributed by atoms with Crippen LogP contribution in [-0.4, -0.2) is 71.7 Å². The van der Waals surface area contributed by atoms with Crippen LogP contribution in [0, 0.1) is 0 Å². The summed E-state index contributed by atoms with van der Waals surface area (Å²) in [5.41, 5.74) is 0. The molecule has 8 nitrogen and oxygen atoms in total. The molecule has 0 aliphatic heterocycles. The van der Waals surface area contributed by atoms with Crippen LogP contribution in [0.1, 0.15) is 0 Å². The van der Waals surface area contributed by atoms with E-state index in [1.165, 1.54) is 0 Å². The predicted molar refractivity (Wildman–Crippen MR) is 40.8 cm³/mol. The second kappa shape index (κ2) is 12.7. The molecule has 0 amide bonds. The summed E-state index contributed by atoms with van der Waals surface area (Å²) in [5.74, 6) is 0. The zero-order valence-corrected chi connectivity index (χ0v) is 20.2. The topological polar surface area (TPSA) is 172 Å². The van der Waals surface area contributed by atoms with Crippen LogP contribution in [0.5, 0.6) is 0 Å². The summed E-state index contributed by atoms with van der Waals surface area (Å²) in [6.07, 6.45) is 0. The van der Waals surface area contributed by atoms with Gasteiger partial charge in [0.15, 0.2) is 0 Å². The van der Waals surface area contributed by atoms with Crippen molar-refractivity contribution in [3.63, 3.8) is 0 Å². The van der Waals surface area contributed by atoms with E-state index >= 15 is 0 Å². The molecule has 0 saturated carbocycles. The first-order valence-corrected chi connectivity index (χ1v) is 4.38. The summed E-state index contributed by atoms with van der Waals surface area (Å²) in [6.45, 7) is 0. The Morgan fingerprint density at radius 1 is 0.538 bits per heavy atom. The van der Waals surface area contributed by atoms with E-state index in [1.54, 1.807) is 0 Å². The van der Waals surface area contributed by atoms with Gasteiger partial charge in [0, 0.05) is 0 Å². The third kappa shape index (κ3) is 340. The Labute approximate surface area is 124 Å². The van der Waals surface area contributed by atoms with Gasteiger partial charge in [0.05, 0.1) is 0 Å². The van der Waals surface area contributed by atoms with Gasteiger partial charge in [0.2, 0.25) is 0 Å². The Balaban J connectivity index is -0.0000000267. The third-order valence-electron chi connectivity index (χ3n) is 0. The molecule has 0 N–H and O–H groups in total. The monoisotopic (exact) mass is 556 g/mol. The van der Waals surface area contributed by atoms with Crippen molar-refractivity contribution in [2.75, 3.05) is 0 Å². The molecule has 0 unspecified atom stereocenters. The number of rotatable bonds is 0. The fourth-order valence-corrected chi connectivity index (χ4v) is 0. The third-order valence-corrected chi connectivity index (χ3v) is 0. The summed E-state index contributed by atoms with van der Waals surface area (Å²) in [4.78, 5) is 51.3. The van der Waals surface area contributed by atoms with E-state index in [9.17, 15) is 0 Å². The molecule has 0 radical (unpaired) electrons. The van der Waals surface area contributed by atoms with Gasteiger partial charge in [-0.3, -0.25) is 0 Å². The second-order valence-electron chi connectivity index (χ2n) is 0.894. The fourth-order valence-electron chi connectivity index (χ4n) is 0. The molecule has 13 heavy (non-hydrogen) atoms. The Bertz CT molecular complexity index is 130. The standard InChI is InChI=1S/2H3O4P.3Sn.6H/c2*1-5(2,3)4;;;;;;;;;/h2*(H3,1,2,3,4);;;;;;;;;/q;;3*+2;;;;;;/p-6.